The summed E-state index contributed by atoms with van der Waals surface area (Å²) in [6.07, 6.45) is 1.82. The van der Waals surface area contributed by atoms with Gasteiger partial charge in [-0.3, -0.25) is 10.1 Å². The molecule has 2 aromatic carbocycles. The summed E-state index contributed by atoms with van der Waals surface area (Å²) in [5, 5.41) is 14.4. The van der Waals surface area contributed by atoms with Crippen molar-refractivity contribution >= 4 is 21.2 Å². The first-order chi connectivity index (χ1) is 12.2. The third-order valence-electron chi connectivity index (χ3n) is 4.17. The third kappa shape index (κ3) is 5.27. The van der Waals surface area contributed by atoms with Gasteiger partial charge in [0.2, 0.25) is 0 Å². The Morgan fingerprint density at radius 2 is 1.81 bits per heavy atom. The summed E-state index contributed by atoms with van der Waals surface area (Å²) in [5.74, 6) is 0. The van der Waals surface area contributed by atoms with Gasteiger partial charge in [-0.05, 0) is 38.2 Å². The zero-order chi connectivity index (χ0) is 19.3. The number of anilines is 1. The van der Waals surface area contributed by atoms with E-state index in [2.05, 4.69) is 10.2 Å². The van der Waals surface area contributed by atoms with Gasteiger partial charge in [0.15, 0.2) is 9.84 Å². The number of benzene rings is 2. The molecule has 0 saturated carbocycles. The molecule has 140 valence electrons. The van der Waals surface area contributed by atoms with Crippen LogP contribution in [0.2, 0.25) is 0 Å². The van der Waals surface area contributed by atoms with Crippen LogP contribution < -0.4 is 5.32 Å². The van der Waals surface area contributed by atoms with Crippen molar-refractivity contribution in [3.8, 4) is 0 Å². The number of sulfone groups is 1. The number of hydrogen-bond acceptors (Lipinski definition) is 6. The zero-order valence-electron chi connectivity index (χ0n) is 15.0. The topological polar surface area (TPSA) is 92.6 Å². The normalized spacial score (nSPS) is 12.8. The predicted octanol–water partition coefficient (Wildman–Crippen LogP) is 2.58. The number of nitrogens with zero attached hydrogens (tertiary/aromatic N) is 2. The van der Waals surface area contributed by atoms with E-state index >= 15 is 0 Å². The molecule has 0 amide bonds. The minimum atomic E-state index is -3.50. The molecule has 1 N–H and O–H groups in total. The Bertz CT molecular complexity index is 867. The van der Waals surface area contributed by atoms with Crippen molar-refractivity contribution < 1.29 is 13.3 Å². The predicted molar refractivity (Wildman–Crippen MR) is 102 cm³/mol. The average molecular weight is 377 g/mol. The van der Waals surface area contributed by atoms with E-state index in [9.17, 15) is 18.5 Å². The lowest BCUT2D eigenvalue weighted by Gasteiger charge is -2.25. The van der Waals surface area contributed by atoms with E-state index in [4.69, 9.17) is 0 Å². The lowest BCUT2D eigenvalue weighted by atomic mass is 10.1. The molecule has 2 rings (SSSR count). The van der Waals surface area contributed by atoms with Crippen LogP contribution in [0, 0.1) is 10.1 Å². The number of nitro groups is 1. The van der Waals surface area contributed by atoms with Crippen LogP contribution in [-0.4, -0.2) is 51.2 Å². The molecule has 0 heterocycles. The second-order valence-electron chi connectivity index (χ2n) is 6.40. The number of nitrogens with one attached hydrogen (secondary N) is 1. The highest BCUT2D eigenvalue weighted by Gasteiger charge is 2.20. The second kappa shape index (κ2) is 8.29. The molecule has 26 heavy (non-hydrogen) atoms. The fourth-order valence-corrected chi connectivity index (χ4v) is 3.23. The van der Waals surface area contributed by atoms with Crippen LogP contribution in [0.25, 0.3) is 0 Å². The highest BCUT2D eigenvalue weighted by Crippen LogP contribution is 2.27. The van der Waals surface area contributed by atoms with E-state index in [0.717, 1.165) is 18.7 Å². The van der Waals surface area contributed by atoms with Crippen LogP contribution >= 0.6 is 0 Å². The van der Waals surface area contributed by atoms with Crippen molar-refractivity contribution in [2.24, 2.45) is 0 Å². The maximum Gasteiger partial charge on any atom is 0.293 e. The van der Waals surface area contributed by atoms with Gasteiger partial charge in [-0.1, -0.05) is 30.3 Å². The number of nitro benzene ring substituents is 1. The van der Waals surface area contributed by atoms with Gasteiger partial charge in [-0.25, -0.2) is 8.42 Å². The Balaban J connectivity index is 2.19. The number of hydrogen-bond donors (Lipinski definition) is 1. The van der Waals surface area contributed by atoms with Crippen molar-refractivity contribution in [2.75, 3.05) is 32.2 Å². The van der Waals surface area contributed by atoms with Crippen LogP contribution in [0.4, 0.5) is 11.4 Å². The molecule has 2 aromatic rings. The molecule has 0 aliphatic heterocycles. The van der Waals surface area contributed by atoms with Gasteiger partial charge in [0, 0.05) is 24.9 Å². The minimum absolute atomic E-state index is 0.0665. The van der Waals surface area contributed by atoms with Gasteiger partial charge in [0.05, 0.1) is 9.82 Å². The largest absolute Gasteiger partial charge is 0.378 e. The van der Waals surface area contributed by atoms with E-state index in [1.54, 1.807) is 0 Å². The Hall–Kier alpha value is -2.45. The van der Waals surface area contributed by atoms with Gasteiger partial charge >= 0.3 is 0 Å². The molecule has 0 aromatic heterocycles. The standard InChI is InChI=1S/C18H23N3O4S/c1-20(2)15(11-14-7-5-4-6-8-14)13-19-17-10-9-16(26(3,24)25)12-18(17)21(22)23/h4-10,12,15,19H,11,13H2,1-3H3/t15-/m0/s1. The summed E-state index contributed by atoms with van der Waals surface area (Å²) in [7, 11) is 0.408. The smallest absolute Gasteiger partial charge is 0.293 e. The lowest BCUT2D eigenvalue weighted by Crippen LogP contribution is -2.36. The first-order valence-electron chi connectivity index (χ1n) is 8.11. The summed E-state index contributed by atoms with van der Waals surface area (Å²) >= 11 is 0. The van der Waals surface area contributed by atoms with Crippen LogP contribution in [0.3, 0.4) is 0 Å². The second-order valence-corrected chi connectivity index (χ2v) is 8.41. The Morgan fingerprint density at radius 1 is 1.15 bits per heavy atom. The van der Waals surface area contributed by atoms with Gasteiger partial charge < -0.3 is 10.2 Å². The van der Waals surface area contributed by atoms with Crippen molar-refractivity contribution in [1.82, 2.24) is 4.90 Å². The Morgan fingerprint density at radius 3 is 2.35 bits per heavy atom. The highest BCUT2D eigenvalue weighted by atomic mass is 32.2. The molecular formula is C18H23N3O4S. The molecule has 8 heteroatoms. The fraction of sp³-hybridized carbons (Fsp3) is 0.333. The monoisotopic (exact) mass is 377 g/mol. The van der Waals surface area contributed by atoms with E-state index in [-0.39, 0.29) is 16.6 Å². The molecule has 7 nitrogen and oxygen atoms in total. The van der Waals surface area contributed by atoms with Gasteiger partial charge in [-0.2, -0.15) is 0 Å². The number of rotatable bonds is 8. The lowest BCUT2D eigenvalue weighted by molar-refractivity contribution is -0.384. The van der Waals surface area contributed by atoms with Crippen LogP contribution in [0.5, 0.6) is 0 Å². The van der Waals surface area contributed by atoms with E-state index < -0.39 is 14.8 Å². The molecular weight excluding hydrogens is 354 g/mol. The molecule has 1 atom stereocenters. The van der Waals surface area contributed by atoms with Crippen molar-refractivity contribution in [3.05, 3.63) is 64.2 Å². The molecule has 0 spiro atoms. The molecule has 0 unspecified atom stereocenters. The van der Waals surface area contributed by atoms with Gasteiger partial charge in [-0.15, -0.1) is 0 Å². The maximum absolute atomic E-state index is 11.6. The summed E-state index contributed by atoms with van der Waals surface area (Å²) in [4.78, 5) is 12.7. The highest BCUT2D eigenvalue weighted by molar-refractivity contribution is 7.90. The third-order valence-corrected chi connectivity index (χ3v) is 5.28. The SMILES string of the molecule is CN(C)[C@H](CNc1ccc(S(C)(=O)=O)cc1[N+](=O)[O-])Cc1ccccc1. The van der Waals surface area contributed by atoms with Gasteiger partial charge in [0.25, 0.3) is 5.69 Å². The van der Waals surface area contributed by atoms with Crippen molar-refractivity contribution in [3.63, 3.8) is 0 Å². The molecule has 0 aliphatic rings. The van der Waals surface area contributed by atoms with Crippen molar-refractivity contribution in [1.29, 1.82) is 0 Å². The summed E-state index contributed by atoms with van der Waals surface area (Å²) in [6.45, 7) is 0.487. The first-order valence-corrected chi connectivity index (χ1v) is 10.0. The van der Waals surface area contributed by atoms with Gasteiger partial charge in [0.1, 0.15) is 5.69 Å². The molecule has 0 saturated heterocycles. The molecule has 0 fully saturated rings. The van der Waals surface area contributed by atoms with E-state index in [0.29, 0.717) is 12.2 Å². The summed E-state index contributed by atoms with van der Waals surface area (Å²) in [5.41, 5.74) is 1.24. The van der Waals surface area contributed by atoms with Crippen LogP contribution in [0.15, 0.2) is 53.4 Å². The zero-order valence-corrected chi connectivity index (χ0v) is 15.9. The maximum atomic E-state index is 11.6. The van der Waals surface area contributed by atoms with E-state index in [1.807, 2.05) is 44.4 Å². The average Bonchev–Trinajstić information content (AvgIpc) is 2.58. The first kappa shape index (κ1) is 19.9. The van der Waals surface area contributed by atoms with Crippen molar-refractivity contribution in [2.45, 2.75) is 17.4 Å². The molecule has 0 radical (unpaired) electrons. The fourth-order valence-electron chi connectivity index (χ4n) is 2.59. The Labute approximate surface area is 153 Å². The van der Waals surface area contributed by atoms with Crippen LogP contribution in [0.1, 0.15) is 5.56 Å². The summed E-state index contributed by atoms with van der Waals surface area (Å²) < 4.78 is 23.3. The summed E-state index contributed by atoms with van der Waals surface area (Å²) in [6, 6.07) is 14.0. The molecule has 0 bridgehead atoms. The minimum Gasteiger partial charge on any atom is -0.378 e. The quantitative estimate of drug-likeness (QED) is 0.561. The van der Waals surface area contributed by atoms with Crippen LogP contribution in [-0.2, 0) is 16.3 Å². The molecule has 0 aliphatic carbocycles. The number of likely N-dealkylation sites (N-methyl/N-ethyl adjacent to an activating group) is 1. The van der Waals surface area contributed by atoms with E-state index in [1.165, 1.54) is 17.7 Å². The Kier molecular flexibility index (Phi) is 6.33.